The van der Waals surface area contributed by atoms with Crippen LogP contribution in [0.5, 0.6) is 0 Å². The topological polar surface area (TPSA) is 80.5 Å². The summed E-state index contributed by atoms with van der Waals surface area (Å²) >= 11 is 0. The van der Waals surface area contributed by atoms with E-state index in [2.05, 4.69) is 0 Å². The minimum Gasteiger partial charge on any atom is -0.258 e. The number of fused-ring (bicyclic) bond motifs is 1. The standard InChI is InChI=1S/C15H20N2O4S/c18-17(19)15-6-4-12(5-7-15)8-9-22(20,21)16-10-13-2-1-3-14(13)11-16/h4-7,13-14H,1-3,8-11H2/t13-,14+. The van der Waals surface area contributed by atoms with Crippen LogP contribution in [0.1, 0.15) is 24.8 Å². The average molecular weight is 324 g/mol. The molecule has 2 fully saturated rings. The van der Waals surface area contributed by atoms with Gasteiger partial charge in [0.25, 0.3) is 5.69 Å². The van der Waals surface area contributed by atoms with Gasteiger partial charge in [0.2, 0.25) is 10.0 Å². The van der Waals surface area contributed by atoms with Crippen LogP contribution in [0.25, 0.3) is 0 Å². The van der Waals surface area contributed by atoms with Gasteiger partial charge in [0, 0.05) is 25.2 Å². The molecular weight excluding hydrogens is 304 g/mol. The minimum atomic E-state index is -3.23. The summed E-state index contributed by atoms with van der Waals surface area (Å²) in [6.45, 7) is 1.35. The predicted molar refractivity (Wildman–Crippen MR) is 83.0 cm³/mol. The van der Waals surface area contributed by atoms with Crippen molar-refractivity contribution in [1.82, 2.24) is 4.31 Å². The molecule has 1 aliphatic heterocycles. The van der Waals surface area contributed by atoms with E-state index < -0.39 is 14.9 Å². The lowest BCUT2D eigenvalue weighted by Gasteiger charge is -2.17. The Morgan fingerprint density at radius 3 is 2.27 bits per heavy atom. The van der Waals surface area contributed by atoms with Crippen LogP contribution in [0.2, 0.25) is 0 Å². The van der Waals surface area contributed by atoms with E-state index in [9.17, 15) is 18.5 Å². The maximum atomic E-state index is 12.4. The molecule has 120 valence electrons. The zero-order valence-corrected chi connectivity index (χ0v) is 13.2. The van der Waals surface area contributed by atoms with Crippen LogP contribution in [0, 0.1) is 22.0 Å². The summed E-state index contributed by atoms with van der Waals surface area (Å²) in [5.74, 6) is 1.17. The number of aryl methyl sites for hydroxylation is 1. The highest BCUT2D eigenvalue weighted by Gasteiger charge is 2.40. The Labute approximate surface area is 130 Å². The van der Waals surface area contributed by atoms with Crippen LogP contribution in [0.4, 0.5) is 5.69 Å². The van der Waals surface area contributed by atoms with E-state index in [1.807, 2.05) is 0 Å². The van der Waals surface area contributed by atoms with Crippen molar-refractivity contribution >= 4 is 15.7 Å². The van der Waals surface area contributed by atoms with Crippen LogP contribution in [0.15, 0.2) is 24.3 Å². The first-order chi connectivity index (χ1) is 10.5. The molecule has 0 spiro atoms. The molecule has 0 aromatic heterocycles. The second-order valence-electron chi connectivity index (χ2n) is 6.26. The normalized spacial score (nSPS) is 25.3. The predicted octanol–water partition coefficient (Wildman–Crippen LogP) is 2.20. The molecule has 2 atom stereocenters. The highest BCUT2D eigenvalue weighted by molar-refractivity contribution is 7.89. The fraction of sp³-hybridized carbons (Fsp3) is 0.600. The number of rotatable bonds is 5. The Hall–Kier alpha value is -1.47. The molecule has 0 radical (unpaired) electrons. The third-order valence-corrected chi connectivity index (χ3v) is 6.69. The molecular formula is C15H20N2O4S. The van der Waals surface area contributed by atoms with E-state index in [-0.39, 0.29) is 11.4 Å². The maximum absolute atomic E-state index is 12.4. The second kappa shape index (κ2) is 5.96. The van der Waals surface area contributed by atoms with Crippen LogP contribution < -0.4 is 0 Å². The van der Waals surface area contributed by atoms with Gasteiger partial charge in [0.1, 0.15) is 0 Å². The molecule has 0 bridgehead atoms. The van der Waals surface area contributed by atoms with Gasteiger partial charge in [-0.1, -0.05) is 18.6 Å². The third-order valence-electron chi connectivity index (χ3n) is 4.88. The molecule has 22 heavy (non-hydrogen) atoms. The molecule has 0 unspecified atom stereocenters. The monoisotopic (exact) mass is 324 g/mol. The summed E-state index contributed by atoms with van der Waals surface area (Å²) in [5, 5.41) is 10.6. The Morgan fingerprint density at radius 2 is 1.73 bits per heavy atom. The van der Waals surface area contributed by atoms with Gasteiger partial charge in [-0.25, -0.2) is 12.7 Å². The number of benzene rings is 1. The van der Waals surface area contributed by atoms with Crippen molar-refractivity contribution in [3.8, 4) is 0 Å². The van der Waals surface area contributed by atoms with E-state index in [4.69, 9.17) is 0 Å². The fourth-order valence-electron chi connectivity index (χ4n) is 3.58. The highest BCUT2D eigenvalue weighted by atomic mass is 32.2. The number of nitro groups is 1. The lowest BCUT2D eigenvalue weighted by atomic mass is 10.0. The number of hydrogen-bond donors (Lipinski definition) is 0. The largest absolute Gasteiger partial charge is 0.269 e. The molecule has 1 aliphatic carbocycles. The molecule has 1 aromatic rings. The molecule has 6 nitrogen and oxygen atoms in total. The third kappa shape index (κ3) is 3.15. The van der Waals surface area contributed by atoms with Gasteiger partial charge in [0.15, 0.2) is 0 Å². The molecule has 1 saturated carbocycles. The van der Waals surface area contributed by atoms with Gasteiger partial charge in [-0.2, -0.15) is 0 Å². The van der Waals surface area contributed by atoms with Gasteiger partial charge in [0.05, 0.1) is 10.7 Å². The number of sulfonamides is 1. The summed E-state index contributed by atoms with van der Waals surface area (Å²) in [4.78, 5) is 10.1. The molecule has 3 rings (SSSR count). The van der Waals surface area contributed by atoms with Crippen molar-refractivity contribution in [2.75, 3.05) is 18.8 Å². The molecule has 0 amide bonds. The molecule has 1 aromatic carbocycles. The summed E-state index contributed by atoms with van der Waals surface area (Å²) < 4.78 is 26.5. The van der Waals surface area contributed by atoms with Gasteiger partial charge < -0.3 is 0 Å². The minimum absolute atomic E-state index is 0.0268. The molecule has 0 N–H and O–H groups in total. The fourth-order valence-corrected chi connectivity index (χ4v) is 5.17. The highest BCUT2D eigenvalue weighted by Crippen LogP contribution is 2.38. The first kappa shape index (κ1) is 15.4. The first-order valence-corrected chi connectivity index (χ1v) is 9.28. The van der Waals surface area contributed by atoms with Crippen molar-refractivity contribution in [1.29, 1.82) is 0 Å². The first-order valence-electron chi connectivity index (χ1n) is 7.67. The molecule has 1 heterocycles. The van der Waals surface area contributed by atoms with E-state index in [1.54, 1.807) is 16.4 Å². The number of non-ortho nitro benzene ring substituents is 1. The lowest BCUT2D eigenvalue weighted by molar-refractivity contribution is -0.384. The van der Waals surface area contributed by atoms with E-state index in [1.165, 1.54) is 18.6 Å². The zero-order valence-electron chi connectivity index (χ0n) is 12.3. The van der Waals surface area contributed by atoms with Crippen molar-refractivity contribution < 1.29 is 13.3 Å². The Morgan fingerprint density at radius 1 is 1.14 bits per heavy atom. The van der Waals surface area contributed by atoms with Crippen molar-refractivity contribution in [2.24, 2.45) is 11.8 Å². The Bertz CT molecular complexity index is 645. The summed E-state index contributed by atoms with van der Waals surface area (Å²) in [6.07, 6.45) is 3.93. The van der Waals surface area contributed by atoms with Gasteiger partial charge in [-0.3, -0.25) is 10.1 Å². The van der Waals surface area contributed by atoms with Gasteiger partial charge in [-0.05, 0) is 36.7 Å². The van der Waals surface area contributed by atoms with Crippen LogP contribution >= 0.6 is 0 Å². The average Bonchev–Trinajstić information content (AvgIpc) is 3.07. The lowest BCUT2D eigenvalue weighted by Crippen LogP contribution is -2.32. The van der Waals surface area contributed by atoms with E-state index >= 15 is 0 Å². The Balaban J connectivity index is 1.59. The molecule has 1 saturated heterocycles. The van der Waals surface area contributed by atoms with Crippen molar-refractivity contribution in [3.63, 3.8) is 0 Å². The van der Waals surface area contributed by atoms with E-state index in [0.29, 0.717) is 31.3 Å². The smallest absolute Gasteiger partial charge is 0.258 e. The second-order valence-corrected chi connectivity index (χ2v) is 8.35. The summed E-state index contributed by atoms with van der Waals surface area (Å²) in [6, 6.07) is 6.10. The molecule has 2 aliphatic rings. The number of nitro benzene ring substituents is 1. The van der Waals surface area contributed by atoms with Crippen molar-refractivity contribution in [2.45, 2.75) is 25.7 Å². The van der Waals surface area contributed by atoms with Crippen LogP contribution in [-0.2, 0) is 16.4 Å². The summed E-state index contributed by atoms with van der Waals surface area (Å²) in [7, 11) is -3.23. The number of nitrogens with zero attached hydrogens (tertiary/aromatic N) is 2. The van der Waals surface area contributed by atoms with E-state index in [0.717, 1.165) is 18.4 Å². The SMILES string of the molecule is O=[N+]([O-])c1ccc(CCS(=O)(=O)N2C[C@H]3CCC[C@H]3C2)cc1. The zero-order chi connectivity index (χ0) is 15.7. The van der Waals surface area contributed by atoms with Crippen LogP contribution in [0.3, 0.4) is 0 Å². The van der Waals surface area contributed by atoms with Gasteiger partial charge >= 0.3 is 0 Å². The van der Waals surface area contributed by atoms with Crippen molar-refractivity contribution in [3.05, 3.63) is 39.9 Å². The van der Waals surface area contributed by atoms with Crippen LogP contribution in [-0.4, -0.2) is 36.5 Å². The maximum Gasteiger partial charge on any atom is 0.269 e. The summed E-state index contributed by atoms with van der Waals surface area (Å²) in [5.41, 5.74) is 0.840. The molecule has 7 heteroatoms. The quantitative estimate of drug-likeness (QED) is 0.614. The van der Waals surface area contributed by atoms with Gasteiger partial charge in [-0.15, -0.1) is 0 Å². The number of hydrogen-bond acceptors (Lipinski definition) is 4. The Kier molecular flexibility index (Phi) is 4.18.